The van der Waals surface area contributed by atoms with Crippen molar-refractivity contribution >= 4 is 15.9 Å². The number of nitrogens with one attached hydrogen (secondary N) is 1. The maximum Gasteiger partial charge on any atom is 0.120 e. The lowest BCUT2D eigenvalue weighted by atomic mass is 10.1. The Bertz CT molecular complexity index is 329. The van der Waals surface area contributed by atoms with Crippen LogP contribution in [0, 0.1) is 13.8 Å². The monoisotopic (exact) mass is 285 g/mol. The van der Waals surface area contributed by atoms with Gasteiger partial charge in [0.15, 0.2) is 0 Å². The van der Waals surface area contributed by atoms with Gasteiger partial charge in [0, 0.05) is 11.0 Å². The van der Waals surface area contributed by atoms with Crippen molar-refractivity contribution in [2.45, 2.75) is 33.3 Å². The van der Waals surface area contributed by atoms with Crippen molar-refractivity contribution in [3.8, 4) is 5.75 Å². The first kappa shape index (κ1) is 13.5. The Morgan fingerprint density at radius 2 is 1.88 bits per heavy atom. The zero-order chi connectivity index (χ0) is 12.1. The predicted molar refractivity (Wildman–Crippen MR) is 72.2 cm³/mol. The largest absolute Gasteiger partial charge is 0.489 e. The topological polar surface area (TPSA) is 21.3 Å². The Morgan fingerprint density at radius 3 is 2.31 bits per heavy atom. The highest BCUT2D eigenvalue weighted by Gasteiger charge is 2.09. The van der Waals surface area contributed by atoms with Crippen LogP contribution in [0.15, 0.2) is 16.6 Å². The second-order valence-corrected chi connectivity index (χ2v) is 4.87. The summed E-state index contributed by atoms with van der Waals surface area (Å²) in [5.41, 5.74) is 2.43. The zero-order valence-electron chi connectivity index (χ0n) is 10.4. The van der Waals surface area contributed by atoms with Crippen molar-refractivity contribution in [1.29, 1.82) is 0 Å². The summed E-state index contributed by atoms with van der Waals surface area (Å²) in [6.45, 7) is 7.19. The molecule has 0 aliphatic rings. The second-order valence-electron chi connectivity index (χ2n) is 4.08. The summed E-state index contributed by atoms with van der Waals surface area (Å²) in [7, 11) is 1.95. The maximum atomic E-state index is 5.94. The van der Waals surface area contributed by atoms with Gasteiger partial charge in [-0.1, -0.05) is 22.9 Å². The molecule has 1 aromatic rings. The van der Waals surface area contributed by atoms with E-state index < -0.39 is 0 Å². The number of hydrogen-bond acceptors (Lipinski definition) is 2. The number of hydrogen-bond donors (Lipinski definition) is 1. The molecular weight excluding hydrogens is 266 g/mol. The van der Waals surface area contributed by atoms with Gasteiger partial charge in [0.2, 0.25) is 0 Å². The second kappa shape index (κ2) is 6.26. The summed E-state index contributed by atoms with van der Waals surface area (Å²) in [6.07, 6.45) is 1.25. The zero-order valence-corrected chi connectivity index (χ0v) is 12.0. The summed E-state index contributed by atoms with van der Waals surface area (Å²) in [5.74, 6) is 0.959. The first-order valence-electron chi connectivity index (χ1n) is 5.66. The molecule has 0 aliphatic heterocycles. The molecule has 90 valence electrons. The quantitative estimate of drug-likeness (QED) is 0.895. The third-order valence-corrected chi connectivity index (χ3v) is 3.85. The standard InChI is InChI=1S/C13H20BrNO/c1-5-11(8-15-4)16-12-6-9(2)13(14)10(3)7-12/h6-7,11,15H,5,8H2,1-4H3. The number of likely N-dealkylation sites (N-methyl/N-ethyl adjacent to an activating group) is 1. The SMILES string of the molecule is CCC(CNC)Oc1cc(C)c(Br)c(C)c1. The Labute approximate surface area is 107 Å². The fourth-order valence-electron chi connectivity index (χ4n) is 1.66. The minimum atomic E-state index is 0.241. The van der Waals surface area contributed by atoms with Crippen LogP contribution < -0.4 is 10.1 Å². The van der Waals surface area contributed by atoms with Crippen molar-refractivity contribution in [3.63, 3.8) is 0 Å². The van der Waals surface area contributed by atoms with Gasteiger partial charge in [-0.15, -0.1) is 0 Å². The molecule has 1 aromatic carbocycles. The molecule has 1 N–H and O–H groups in total. The van der Waals surface area contributed by atoms with Gasteiger partial charge in [-0.25, -0.2) is 0 Å². The normalized spacial score (nSPS) is 12.6. The first-order valence-corrected chi connectivity index (χ1v) is 6.45. The molecule has 0 aliphatic carbocycles. The van der Waals surface area contributed by atoms with E-state index in [0.717, 1.165) is 18.7 Å². The predicted octanol–water partition coefficient (Wildman–Crippen LogP) is 3.44. The van der Waals surface area contributed by atoms with Crippen molar-refractivity contribution in [1.82, 2.24) is 5.32 Å². The van der Waals surface area contributed by atoms with Gasteiger partial charge in [-0.05, 0) is 50.6 Å². The van der Waals surface area contributed by atoms with Gasteiger partial charge in [-0.2, -0.15) is 0 Å². The Hall–Kier alpha value is -0.540. The Morgan fingerprint density at radius 1 is 1.31 bits per heavy atom. The molecule has 1 rings (SSSR count). The van der Waals surface area contributed by atoms with Crippen LogP contribution in [0.4, 0.5) is 0 Å². The number of aryl methyl sites for hydroxylation is 2. The van der Waals surface area contributed by atoms with E-state index in [4.69, 9.17) is 4.74 Å². The summed E-state index contributed by atoms with van der Waals surface area (Å²) in [6, 6.07) is 4.16. The third kappa shape index (κ3) is 3.49. The van der Waals surface area contributed by atoms with Crippen LogP contribution in [-0.2, 0) is 0 Å². The van der Waals surface area contributed by atoms with Crippen LogP contribution in [0.1, 0.15) is 24.5 Å². The molecule has 16 heavy (non-hydrogen) atoms. The van der Waals surface area contributed by atoms with Gasteiger partial charge in [0.1, 0.15) is 11.9 Å². The van der Waals surface area contributed by atoms with Crippen LogP contribution in [0.2, 0.25) is 0 Å². The van der Waals surface area contributed by atoms with E-state index in [0.29, 0.717) is 0 Å². The fourth-order valence-corrected chi connectivity index (χ4v) is 1.89. The molecule has 3 heteroatoms. The van der Waals surface area contributed by atoms with E-state index in [9.17, 15) is 0 Å². The highest BCUT2D eigenvalue weighted by atomic mass is 79.9. The van der Waals surface area contributed by atoms with Crippen molar-refractivity contribution in [2.24, 2.45) is 0 Å². The van der Waals surface area contributed by atoms with Gasteiger partial charge in [0.05, 0.1) is 0 Å². The highest BCUT2D eigenvalue weighted by Crippen LogP contribution is 2.27. The minimum Gasteiger partial charge on any atom is -0.489 e. The fraction of sp³-hybridized carbons (Fsp3) is 0.538. The van der Waals surface area contributed by atoms with Crippen LogP contribution in [0.3, 0.4) is 0 Å². The molecule has 0 amide bonds. The van der Waals surface area contributed by atoms with Gasteiger partial charge in [0.25, 0.3) is 0 Å². The molecule has 0 saturated heterocycles. The van der Waals surface area contributed by atoms with E-state index in [2.05, 4.69) is 54.2 Å². The molecule has 0 bridgehead atoms. The molecule has 0 aromatic heterocycles. The van der Waals surface area contributed by atoms with Gasteiger partial charge in [-0.3, -0.25) is 0 Å². The molecule has 2 nitrogen and oxygen atoms in total. The van der Waals surface area contributed by atoms with Gasteiger partial charge >= 0.3 is 0 Å². The summed E-state index contributed by atoms with van der Waals surface area (Å²) in [4.78, 5) is 0. The van der Waals surface area contributed by atoms with E-state index >= 15 is 0 Å². The summed E-state index contributed by atoms with van der Waals surface area (Å²) < 4.78 is 7.11. The lowest BCUT2D eigenvalue weighted by Crippen LogP contribution is -2.28. The molecule has 0 saturated carbocycles. The molecule has 1 unspecified atom stereocenters. The first-order chi connectivity index (χ1) is 7.58. The van der Waals surface area contributed by atoms with Crippen LogP contribution in [-0.4, -0.2) is 19.7 Å². The average Bonchev–Trinajstić information content (AvgIpc) is 2.25. The Kier molecular flexibility index (Phi) is 5.29. The molecule has 0 fully saturated rings. The van der Waals surface area contributed by atoms with Crippen LogP contribution in [0.25, 0.3) is 0 Å². The molecule has 0 heterocycles. The van der Waals surface area contributed by atoms with E-state index in [1.165, 1.54) is 15.6 Å². The number of rotatable bonds is 5. The summed E-state index contributed by atoms with van der Waals surface area (Å²) >= 11 is 3.56. The Balaban J connectivity index is 2.80. The average molecular weight is 286 g/mol. The lowest BCUT2D eigenvalue weighted by molar-refractivity contribution is 0.196. The van der Waals surface area contributed by atoms with Crippen LogP contribution >= 0.6 is 15.9 Å². The van der Waals surface area contributed by atoms with E-state index in [1.54, 1.807) is 0 Å². The molecule has 0 radical (unpaired) electrons. The summed E-state index contributed by atoms with van der Waals surface area (Å²) in [5, 5.41) is 3.15. The van der Waals surface area contributed by atoms with Crippen molar-refractivity contribution in [3.05, 3.63) is 27.7 Å². The molecule has 1 atom stereocenters. The minimum absolute atomic E-state index is 0.241. The third-order valence-electron chi connectivity index (χ3n) is 2.60. The van der Waals surface area contributed by atoms with Crippen LogP contribution in [0.5, 0.6) is 5.75 Å². The maximum absolute atomic E-state index is 5.94. The van der Waals surface area contributed by atoms with E-state index in [-0.39, 0.29) is 6.10 Å². The van der Waals surface area contributed by atoms with Crippen molar-refractivity contribution < 1.29 is 4.74 Å². The number of benzene rings is 1. The number of ether oxygens (including phenoxy) is 1. The molecular formula is C13H20BrNO. The highest BCUT2D eigenvalue weighted by molar-refractivity contribution is 9.10. The smallest absolute Gasteiger partial charge is 0.120 e. The van der Waals surface area contributed by atoms with Gasteiger partial charge < -0.3 is 10.1 Å². The number of halogens is 1. The van der Waals surface area contributed by atoms with Crippen molar-refractivity contribution in [2.75, 3.05) is 13.6 Å². The molecule has 0 spiro atoms. The van der Waals surface area contributed by atoms with E-state index in [1.807, 2.05) is 7.05 Å². The lowest BCUT2D eigenvalue weighted by Gasteiger charge is -2.18.